The summed E-state index contributed by atoms with van der Waals surface area (Å²) in [5.41, 5.74) is 2.32. The number of pyridine rings is 1. The van der Waals surface area contributed by atoms with Crippen molar-refractivity contribution in [2.45, 2.75) is 11.4 Å². The minimum atomic E-state index is -3.78. The van der Waals surface area contributed by atoms with Crippen LogP contribution in [0.2, 0.25) is 5.02 Å². The van der Waals surface area contributed by atoms with Crippen molar-refractivity contribution in [1.82, 2.24) is 9.71 Å². The van der Waals surface area contributed by atoms with Gasteiger partial charge in [-0.15, -0.1) is 0 Å². The molecule has 0 aliphatic rings. The molecule has 0 unspecified atom stereocenters. The SMILES string of the molecule is COc1ccc(Cl)cc1S(=O)(=O)NCc1ccc(-c2ccoc2)nc1. The number of rotatable bonds is 6. The van der Waals surface area contributed by atoms with Crippen LogP contribution in [0.5, 0.6) is 5.75 Å². The van der Waals surface area contributed by atoms with E-state index >= 15 is 0 Å². The van der Waals surface area contributed by atoms with Gasteiger partial charge in [-0.05, 0) is 35.9 Å². The van der Waals surface area contributed by atoms with E-state index in [-0.39, 0.29) is 17.2 Å². The number of methoxy groups -OCH3 is 1. The zero-order valence-electron chi connectivity index (χ0n) is 13.3. The molecule has 0 radical (unpaired) electrons. The van der Waals surface area contributed by atoms with Gasteiger partial charge in [0.15, 0.2) is 0 Å². The van der Waals surface area contributed by atoms with Crippen molar-refractivity contribution in [1.29, 1.82) is 0 Å². The first-order valence-electron chi connectivity index (χ1n) is 7.30. The van der Waals surface area contributed by atoms with Crippen LogP contribution in [0.3, 0.4) is 0 Å². The lowest BCUT2D eigenvalue weighted by Crippen LogP contribution is -2.23. The Hall–Kier alpha value is -2.35. The average Bonchev–Trinajstić information content (AvgIpc) is 3.15. The summed E-state index contributed by atoms with van der Waals surface area (Å²) in [5, 5.41) is 0.312. The Morgan fingerprint density at radius 2 is 2.08 bits per heavy atom. The van der Waals surface area contributed by atoms with Gasteiger partial charge in [-0.3, -0.25) is 4.98 Å². The van der Waals surface area contributed by atoms with E-state index in [0.29, 0.717) is 5.02 Å². The molecule has 6 nitrogen and oxygen atoms in total. The number of nitrogens with one attached hydrogen (secondary N) is 1. The largest absolute Gasteiger partial charge is 0.495 e. The summed E-state index contributed by atoms with van der Waals surface area (Å²) in [6.07, 6.45) is 4.77. The predicted octanol–water partition coefficient (Wildman–Crippen LogP) is 3.48. The maximum absolute atomic E-state index is 12.5. The Balaban J connectivity index is 1.75. The number of ether oxygens (including phenoxy) is 1. The molecule has 3 rings (SSSR count). The van der Waals surface area contributed by atoms with Gasteiger partial charge in [0.25, 0.3) is 0 Å². The van der Waals surface area contributed by atoms with Crippen LogP contribution in [0.25, 0.3) is 11.3 Å². The molecule has 0 aliphatic carbocycles. The first-order chi connectivity index (χ1) is 12.0. The number of halogens is 1. The number of aromatic nitrogens is 1. The number of sulfonamides is 1. The fraction of sp³-hybridized carbons (Fsp3) is 0.118. The van der Waals surface area contributed by atoms with E-state index in [1.807, 2.05) is 0 Å². The fourth-order valence-corrected chi connectivity index (χ4v) is 3.67. The number of benzene rings is 1. The van der Waals surface area contributed by atoms with Crippen LogP contribution < -0.4 is 9.46 Å². The van der Waals surface area contributed by atoms with Gasteiger partial charge in [-0.25, -0.2) is 13.1 Å². The molecule has 8 heteroatoms. The molecule has 3 aromatic rings. The summed E-state index contributed by atoms with van der Waals surface area (Å²) in [6, 6.07) is 9.83. The molecule has 130 valence electrons. The van der Waals surface area contributed by atoms with E-state index in [2.05, 4.69) is 9.71 Å². The Morgan fingerprint density at radius 3 is 2.72 bits per heavy atom. The van der Waals surface area contributed by atoms with Crippen LogP contribution in [0, 0.1) is 0 Å². The standard InChI is InChI=1S/C17H15ClN2O4S/c1-23-16-5-3-14(18)8-17(16)25(21,22)20-10-12-2-4-15(19-9-12)13-6-7-24-11-13/h2-9,11,20H,10H2,1H3. The molecule has 0 atom stereocenters. The summed E-state index contributed by atoms with van der Waals surface area (Å²) >= 11 is 5.90. The lowest BCUT2D eigenvalue weighted by molar-refractivity contribution is 0.402. The van der Waals surface area contributed by atoms with Crippen molar-refractivity contribution in [3.8, 4) is 17.0 Å². The summed E-state index contributed by atoms with van der Waals surface area (Å²) < 4.78 is 37.7. The summed E-state index contributed by atoms with van der Waals surface area (Å²) in [6.45, 7) is 0.0939. The van der Waals surface area contributed by atoms with E-state index in [1.54, 1.807) is 43.0 Å². The first kappa shape index (κ1) is 17.5. The topological polar surface area (TPSA) is 81.4 Å². The van der Waals surface area contributed by atoms with Crippen molar-refractivity contribution in [2.24, 2.45) is 0 Å². The maximum atomic E-state index is 12.5. The van der Waals surface area contributed by atoms with E-state index in [1.165, 1.54) is 19.2 Å². The van der Waals surface area contributed by atoms with Crippen LogP contribution in [0.15, 0.2) is 64.4 Å². The van der Waals surface area contributed by atoms with Crippen molar-refractivity contribution in [2.75, 3.05) is 7.11 Å². The summed E-state index contributed by atoms with van der Waals surface area (Å²) in [7, 11) is -2.38. The van der Waals surface area contributed by atoms with E-state index < -0.39 is 10.0 Å². The normalized spacial score (nSPS) is 11.4. The molecular formula is C17H15ClN2O4S. The highest BCUT2D eigenvalue weighted by Gasteiger charge is 2.19. The van der Waals surface area contributed by atoms with Gasteiger partial charge in [0, 0.05) is 23.3 Å². The van der Waals surface area contributed by atoms with E-state index in [4.69, 9.17) is 20.8 Å². The van der Waals surface area contributed by atoms with Crippen LogP contribution in [-0.4, -0.2) is 20.5 Å². The molecule has 0 aliphatic heterocycles. The Bertz CT molecular complexity index is 955. The second kappa shape index (κ2) is 7.26. The summed E-state index contributed by atoms with van der Waals surface area (Å²) in [5.74, 6) is 0.227. The molecule has 1 aromatic carbocycles. The number of hydrogen-bond acceptors (Lipinski definition) is 5. The fourth-order valence-electron chi connectivity index (χ4n) is 2.23. The summed E-state index contributed by atoms with van der Waals surface area (Å²) in [4.78, 5) is 4.29. The molecule has 0 amide bonds. The van der Waals surface area contributed by atoms with Crippen molar-refractivity contribution in [3.05, 3.63) is 65.7 Å². The average molecular weight is 379 g/mol. The van der Waals surface area contributed by atoms with E-state index in [9.17, 15) is 8.42 Å². The lowest BCUT2D eigenvalue weighted by Gasteiger charge is -2.11. The zero-order valence-corrected chi connectivity index (χ0v) is 14.8. The minimum absolute atomic E-state index is 0.00882. The van der Waals surface area contributed by atoms with Gasteiger partial charge in [-0.1, -0.05) is 17.7 Å². The second-order valence-electron chi connectivity index (χ2n) is 5.18. The Labute approximate surface area is 150 Å². The van der Waals surface area contributed by atoms with Gasteiger partial charge in [0.1, 0.15) is 10.6 Å². The molecule has 2 aromatic heterocycles. The van der Waals surface area contributed by atoms with Gasteiger partial charge in [0.05, 0.1) is 25.3 Å². The third kappa shape index (κ3) is 4.01. The first-order valence-corrected chi connectivity index (χ1v) is 9.16. The zero-order chi connectivity index (χ0) is 17.9. The van der Waals surface area contributed by atoms with Crippen molar-refractivity contribution < 1.29 is 17.6 Å². The van der Waals surface area contributed by atoms with Gasteiger partial charge in [-0.2, -0.15) is 0 Å². The molecule has 25 heavy (non-hydrogen) atoms. The highest BCUT2D eigenvalue weighted by Crippen LogP contribution is 2.27. The number of hydrogen-bond donors (Lipinski definition) is 1. The highest BCUT2D eigenvalue weighted by molar-refractivity contribution is 7.89. The maximum Gasteiger partial charge on any atom is 0.244 e. The van der Waals surface area contributed by atoms with Crippen molar-refractivity contribution in [3.63, 3.8) is 0 Å². The van der Waals surface area contributed by atoms with Crippen LogP contribution in [-0.2, 0) is 16.6 Å². The number of nitrogens with zero attached hydrogens (tertiary/aromatic N) is 1. The smallest absolute Gasteiger partial charge is 0.244 e. The monoisotopic (exact) mass is 378 g/mol. The van der Waals surface area contributed by atoms with Crippen LogP contribution >= 0.6 is 11.6 Å². The van der Waals surface area contributed by atoms with E-state index in [0.717, 1.165) is 16.8 Å². The molecule has 0 saturated carbocycles. The number of furan rings is 1. The van der Waals surface area contributed by atoms with Crippen LogP contribution in [0.1, 0.15) is 5.56 Å². The molecular weight excluding hydrogens is 364 g/mol. The molecule has 0 saturated heterocycles. The molecule has 0 fully saturated rings. The second-order valence-corrected chi connectivity index (χ2v) is 7.36. The highest BCUT2D eigenvalue weighted by atomic mass is 35.5. The predicted molar refractivity (Wildman–Crippen MR) is 94.0 cm³/mol. The van der Waals surface area contributed by atoms with Crippen molar-refractivity contribution >= 4 is 21.6 Å². The van der Waals surface area contributed by atoms with Gasteiger partial charge in [0.2, 0.25) is 10.0 Å². The molecule has 2 heterocycles. The third-order valence-corrected chi connectivity index (χ3v) is 5.18. The molecule has 0 bridgehead atoms. The quantitative estimate of drug-likeness (QED) is 0.710. The third-order valence-electron chi connectivity index (χ3n) is 3.52. The minimum Gasteiger partial charge on any atom is -0.495 e. The molecule has 0 spiro atoms. The van der Waals surface area contributed by atoms with Crippen LogP contribution in [0.4, 0.5) is 0 Å². The lowest BCUT2D eigenvalue weighted by atomic mass is 10.2. The van der Waals surface area contributed by atoms with Gasteiger partial charge < -0.3 is 9.15 Å². The Morgan fingerprint density at radius 1 is 1.24 bits per heavy atom. The Kier molecular flexibility index (Phi) is 5.08. The van der Waals surface area contributed by atoms with Gasteiger partial charge >= 0.3 is 0 Å². The molecule has 1 N–H and O–H groups in total.